The van der Waals surface area contributed by atoms with E-state index >= 15 is 0 Å². The van der Waals surface area contributed by atoms with Gasteiger partial charge in [0.25, 0.3) is 0 Å². The molecule has 0 saturated carbocycles. The summed E-state index contributed by atoms with van der Waals surface area (Å²) in [5.41, 5.74) is 1.56. The van der Waals surface area contributed by atoms with Gasteiger partial charge in [-0.15, -0.1) is 0 Å². The zero-order chi connectivity index (χ0) is 13.7. The van der Waals surface area contributed by atoms with Crippen molar-refractivity contribution in [2.24, 2.45) is 0 Å². The van der Waals surface area contributed by atoms with Crippen molar-refractivity contribution in [2.75, 3.05) is 0 Å². The summed E-state index contributed by atoms with van der Waals surface area (Å²) >= 11 is 0. The van der Waals surface area contributed by atoms with E-state index < -0.39 is 0 Å². The fraction of sp³-hybridized carbons (Fsp3) is 0.176. The van der Waals surface area contributed by atoms with Crippen LogP contribution in [0.2, 0.25) is 0 Å². The second-order valence-electron chi connectivity index (χ2n) is 4.57. The van der Waals surface area contributed by atoms with Gasteiger partial charge in [-0.05, 0) is 12.5 Å². The third-order valence-electron chi connectivity index (χ3n) is 3.18. The van der Waals surface area contributed by atoms with Crippen molar-refractivity contribution >= 4 is 11.6 Å². The Morgan fingerprint density at radius 2 is 1.42 bits per heavy atom. The number of carbonyl (C=O) groups is 2. The molecule has 2 heteroatoms. The summed E-state index contributed by atoms with van der Waals surface area (Å²) in [6.07, 6.45) is 0.226. The highest BCUT2D eigenvalue weighted by atomic mass is 16.1. The van der Waals surface area contributed by atoms with E-state index in [2.05, 4.69) is 0 Å². The van der Waals surface area contributed by atoms with Gasteiger partial charge in [-0.1, -0.05) is 60.7 Å². The third-order valence-corrected chi connectivity index (χ3v) is 3.18. The maximum Gasteiger partial charge on any atom is 0.163 e. The molecule has 0 aliphatic carbocycles. The van der Waals surface area contributed by atoms with E-state index in [1.165, 1.54) is 6.92 Å². The molecule has 96 valence electrons. The zero-order valence-corrected chi connectivity index (χ0v) is 10.9. The van der Waals surface area contributed by atoms with Gasteiger partial charge >= 0.3 is 0 Å². The lowest BCUT2D eigenvalue weighted by Gasteiger charge is -2.13. The quantitative estimate of drug-likeness (QED) is 0.761. The highest BCUT2D eigenvalue weighted by molar-refractivity contribution is 6.00. The number of Topliss-reactive ketones (excluding diaryl/α,β-unsaturated/α-hetero) is 2. The molecule has 0 bridgehead atoms. The van der Waals surface area contributed by atoms with Crippen LogP contribution in [0.25, 0.3) is 0 Å². The van der Waals surface area contributed by atoms with Crippen molar-refractivity contribution < 1.29 is 9.59 Å². The minimum atomic E-state index is -0.353. The van der Waals surface area contributed by atoms with Gasteiger partial charge in [0.1, 0.15) is 5.78 Å². The Bertz CT molecular complexity index is 558. The number of hydrogen-bond donors (Lipinski definition) is 0. The molecule has 0 amide bonds. The third kappa shape index (κ3) is 3.38. The molecular formula is C17H16O2. The lowest BCUT2D eigenvalue weighted by molar-refractivity contribution is -0.118. The molecule has 0 fully saturated rings. The highest BCUT2D eigenvalue weighted by Gasteiger charge is 2.20. The zero-order valence-electron chi connectivity index (χ0n) is 10.9. The average Bonchev–Trinajstić information content (AvgIpc) is 2.46. The van der Waals surface area contributed by atoms with Crippen LogP contribution in [-0.2, 0) is 4.79 Å². The fourth-order valence-corrected chi connectivity index (χ4v) is 2.11. The van der Waals surface area contributed by atoms with E-state index in [-0.39, 0.29) is 23.9 Å². The van der Waals surface area contributed by atoms with E-state index in [0.29, 0.717) is 5.56 Å². The molecule has 0 aromatic heterocycles. The topological polar surface area (TPSA) is 34.1 Å². The molecule has 0 spiro atoms. The number of ketones is 2. The molecule has 0 saturated heterocycles. The molecule has 19 heavy (non-hydrogen) atoms. The van der Waals surface area contributed by atoms with Crippen molar-refractivity contribution in [3.8, 4) is 0 Å². The molecule has 0 N–H and O–H groups in total. The van der Waals surface area contributed by atoms with Gasteiger partial charge in [-0.25, -0.2) is 0 Å². The van der Waals surface area contributed by atoms with Gasteiger partial charge in [0, 0.05) is 17.9 Å². The highest BCUT2D eigenvalue weighted by Crippen LogP contribution is 2.22. The Labute approximate surface area is 113 Å². The summed E-state index contributed by atoms with van der Waals surface area (Å²) in [5, 5.41) is 0. The van der Waals surface area contributed by atoms with Crippen LogP contribution in [0.5, 0.6) is 0 Å². The van der Waals surface area contributed by atoms with E-state index in [1.807, 2.05) is 48.5 Å². The molecule has 0 unspecified atom stereocenters. The summed E-state index contributed by atoms with van der Waals surface area (Å²) in [4.78, 5) is 23.9. The molecule has 2 aromatic rings. The Morgan fingerprint density at radius 1 is 0.895 bits per heavy atom. The van der Waals surface area contributed by atoms with Crippen molar-refractivity contribution in [3.63, 3.8) is 0 Å². The van der Waals surface area contributed by atoms with E-state index in [9.17, 15) is 9.59 Å². The monoisotopic (exact) mass is 252 g/mol. The van der Waals surface area contributed by atoms with Crippen LogP contribution in [0.15, 0.2) is 60.7 Å². The fourth-order valence-electron chi connectivity index (χ4n) is 2.11. The average molecular weight is 252 g/mol. The molecule has 2 nitrogen and oxygen atoms in total. The van der Waals surface area contributed by atoms with Crippen molar-refractivity contribution in [3.05, 3.63) is 71.8 Å². The van der Waals surface area contributed by atoms with Crippen molar-refractivity contribution in [1.82, 2.24) is 0 Å². The molecule has 2 aromatic carbocycles. The maximum atomic E-state index is 12.2. The molecular weight excluding hydrogens is 236 g/mol. The first-order valence-corrected chi connectivity index (χ1v) is 6.32. The second kappa shape index (κ2) is 6.10. The van der Waals surface area contributed by atoms with Crippen LogP contribution in [0.3, 0.4) is 0 Å². The maximum absolute atomic E-state index is 12.2. The van der Waals surface area contributed by atoms with Crippen molar-refractivity contribution in [1.29, 1.82) is 0 Å². The Kier molecular flexibility index (Phi) is 4.24. The van der Waals surface area contributed by atoms with Crippen LogP contribution >= 0.6 is 0 Å². The standard InChI is InChI=1S/C17H16O2/c1-13(18)16(14-8-4-2-5-9-14)12-17(19)15-10-6-3-7-11-15/h2-11,16H,12H2,1H3/t16-/m1/s1. The number of hydrogen-bond acceptors (Lipinski definition) is 2. The summed E-state index contributed by atoms with van der Waals surface area (Å²) < 4.78 is 0. The summed E-state index contributed by atoms with van der Waals surface area (Å²) in [6.45, 7) is 1.54. The lowest BCUT2D eigenvalue weighted by Crippen LogP contribution is -2.14. The predicted octanol–water partition coefficient (Wildman–Crippen LogP) is 3.63. The Balaban J connectivity index is 2.19. The molecule has 0 heterocycles. The summed E-state index contributed by atoms with van der Waals surface area (Å²) in [5.74, 6) is -0.325. The molecule has 0 aliphatic rings. The van der Waals surface area contributed by atoms with Crippen LogP contribution in [0.1, 0.15) is 35.2 Å². The molecule has 0 aliphatic heterocycles. The van der Waals surface area contributed by atoms with Crippen molar-refractivity contribution in [2.45, 2.75) is 19.3 Å². The van der Waals surface area contributed by atoms with Gasteiger partial charge in [-0.3, -0.25) is 9.59 Å². The largest absolute Gasteiger partial charge is 0.299 e. The van der Waals surface area contributed by atoms with Crippen LogP contribution in [-0.4, -0.2) is 11.6 Å². The summed E-state index contributed by atoms with van der Waals surface area (Å²) in [7, 11) is 0. The van der Waals surface area contributed by atoms with Gasteiger partial charge in [0.15, 0.2) is 5.78 Å². The minimum absolute atomic E-state index is 0.00431. The Morgan fingerprint density at radius 3 is 1.95 bits per heavy atom. The van der Waals surface area contributed by atoms with Gasteiger partial charge in [0.05, 0.1) is 0 Å². The van der Waals surface area contributed by atoms with Crippen LogP contribution < -0.4 is 0 Å². The van der Waals surface area contributed by atoms with Crippen LogP contribution in [0, 0.1) is 0 Å². The minimum Gasteiger partial charge on any atom is -0.299 e. The van der Waals surface area contributed by atoms with Gasteiger partial charge in [0.2, 0.25) is 0 Å². The predicted molar refractivity (Wildman–Crippen MR) is 75.3 cm³/mol. The summed E-state index contributed by atoms with van der Waals surface area (Å²) in [6, 6.07) is 18.6. The van der Waals surface area contributed by atoms with Gasteiger partial charge in [-0.2, -0.15) is 0 Å². The van der Waals surface area contributed by atoms with E-state index in [1.54, 1.807) is 12.1 Å². The molecule has 1 atom stereocenters. The smallest absolute Gasteiger partial charge is 0.163 e. The first kappa shape index (κ1) is 13.2. The van der Waals surface area contributed by atoms with Crippen LogP contribution in [0.4, 0.5) is 0 Å². The SMILES string of the molecule is CC(=O)[C@@H](CC(=O)c1ccccc1)c1ccccc1. The first-order chi connectivity index (χ1) is 9.18. The van der Waals surface area contributed by atoms with Gasteiger partial charge < -0.3 is 0 Å². The number of carbonyl (C=O) groups excluding carboxylic acids is 2. The molecule has 0 radical (unpaired) electrons. The Hall–Kier alpha value is -2.22. The number of benzene rings is 2. The lowest BCUT2D eigenvalue weighted by atomic mass is 9.89. The number of rotatable bonds is 5. The van der Waals surface area contributed by atoms with E-state index in [4.69, 9.17) is 0 Å². The first-order valence-electron chi connectivity index (χ1n) is 6.32. The van der Waals surface area contributed by atoms with E-state index in [0.717, 1.165) is 5.56 Å². The second-order valence-corrected chi connectivity index (χ2v) is 4.57. The molecule has 2 rings (SSSR count). The normalized spacial score (nSPS) is 11.8.